The van der Waals surface area contributed by atoms with Crippen molar-refractivity contribution in [3.8, 4) is 6.07 Å². The molecule has 0 fully saturated rings. The zero-order chi connectivity index (χ0) is 13.9. The third kappa shape index (κ3) is 3.45. The molecular weight excluding hydrogens is 230 g/mol. The van der Waals surface area contributed by atoms with Crippen molar-refractivity contribution < 1.29 is 4.92 Å². The lowest BCUT2D eigenvalue weighted by Gasteiger charge is -2.28. The molecule has 0 spiro atoms. The zero-order valence-electron chi connectivity index (χ0n) is 11.1. The summed E-state index contributed by atoms with van der Waals surface area (Å²) in [6.45, 7) is 7.06. The van der Waals surface area contributed by atoms with E-state index in [1.807, 2.05) is 18.0 Å². The van der Waals surface area contributed by atoms with Crippen LogP contribution in [0.2, 0.25) is 0 Å². The van der Waals surface area contributed by atoms with Crippen molar-refractivity contribution in [2.24, 2.45) is 5.41 Å². The molecule has 96 valence electrons. The first-order valence-corrected chi connectivity index (χ1v) is 5.64. The van der Waals surface area contributed by atoms with E-state index in [0.717, 1.165) is 12.2 Å². The second kappa shape index (κ2) is 5.05. The Morgan fingerprint density at radius 1 is 1.44 bits per heavy atom. The van der Waals surface area contributed by atoms with Crippen molar-refractivity contribution in [3.05, 3.63) is 33.9 Å². The molecule has 0 heterocycles. The molecular formula is C13H17N3O2. The molecule has 0 amide bonds. The van der Waals surface area contributed by atoms with Gasteiger partial charge in [0.1, 0.15) is 6.07 Å². The molecule has 0 saturated heterocycles. The summed E-state index contributed by atoms with van der Waals surface area (Å²) < 4.78 is 0. The van der Waals surface area contributed by atoms with Crippen molar-refractivity contribution in [2.45, 2.75) is 20.8 Å². The molecule has 0 unspecified atom stereocenters. The minimum Gasteiger partial charge on any atom is -0.373 e. The second-order valence-electron chi connectivity index (χ2n) is 5.49. The van der Waals surface area contributed by atoms with Gasteiger partial charge in [0.2, 0.25) is 0 Å². The van der Waals surface area contributed by atoms with Gasteiger partial charge in [-0.25, -0.2) is 0 Å². The van der Waals surface area contributed by atoms with Crippen LogP contribution in [0.5, 0.6) is 0 Å². The van der Waals surface area contributed by atoms with Crippen LogP contribution in [0.3, 0.4) is 0 Å². The van der Waals surface area contributed by atoms with Gasteiger partial charge in [-0.3, -0.25) is 10.1 Å². The van der Waals surface area contributed by atoms with Gasteiger partial charge in [-0.05, 0) is 11.5 Å². The van der Waals surface area contributed by atoms with E-state index < -0.39 is 4.92 Å². The number of non-ortho nitro benzene ring substituents is 1. The van der Waals surface area contributed by atoms with E-state index in [9.17, 15) is 10.1 Å². The highest BCUT2D eigenvalue weighted by Crippen LogP contribution is 2.26. The quantitative estimate of drug-likeness (QED) is 0.608. The van der Waals surface area contributed by atoms with Crippen LogP contribution >= 0.6 is 0 Å². The highest BCUT2D eigenvalue weighted by Gasteiger charge is 2.18. The number of nitrogens with zero attached hydrogens (tertiary/aromatic N) is 3. The summed E-state index contributed by atoms with van der Waals surface area (Å²) in [7, 11) is 1.88. The van der Waals surface area contributed by atoms with Gasteiger partial charge >= 0.3 is 0 Å². The molecule has 5 heteroatoms. The Morgan fingerprint density at radius 3 is 2.50 bits per heavy atom. The van der Waals surface area contributed by atoms with Gasteiger partial charge in [0.15, 0.2) is 0 Å². The lowest BCUT2D eigenvalue weighted by atomic mass is 9.95. The fraction of sp³-hybridized carbons (Fsp3) is 0.462. The predicted octanol–water partition coefficient (Wildman–Crippen LogP) is 2.95. The lowest BCUT2D eigenvalue weighted by Crippen LogP contribution is -2.29. The standard InChI is InChI=1S/C13H17N3O2/c1-13(2,3)9-15(4)12-6-5-11(16(17)18)7-10(12)8-14/h5-7H,9H2,1-4H3. The molecule has 5 nitrogen and oxygen atoms in total. The van der Waals surface area contributed by atoms with Gasteiger partial charge in [0.05, 0.1) is 16.2 Å². The number of hydrogen-bond acceptors (Lipinski definition) is 4. The molecule has 0 saturated carbocycles. The van der Waals surface area contributed by atoms with Gasteiger partial charge in [0, 0.05) is 25.7 Å². The van der Waals surface area contributed by atoms with Crippen molar-refractivity contribution in [1.29, 1.82) is 5.26 Å². The van der Waals surface area contributed by atoms with E-state index >= 15 is 0 Å². The van der Waals surface area contributed by atoms with Crippen molar-refractivity contribution in [2.75, 3.05) is 18.5 Å². The molecule has 0 aliphatic rings. The van der Waals surface area contributed by atoms with Crippen LogP contribution in [0.15, 0.2) is 18.2 Å². The van der Waals surface area contributed by atoms with Crippen LogP contribution in [0, 0.1) is 26.9 Å². The van der Waals surface area contributed by atoms with E-state index in [1.54, 1.807) is 6.07 Å². The van der Waals surface area contributed by atoms with Crippen molar-refractivity contribution in [1.82, 2.24) is 0 Å². The molecule has 0 aliphatic carbocycles. The van der Waals surface area contributed by atoms with E-state index in [-0.39, 0.29) is 11.1 Å². The molecule has 0 radical (unpaired) electrons. The summed E-state index contributed by atoms with van der Waals surface area (Å²) in [4.78, 5) is 12.1. The third-order valence-corrected chi connectivity index (χ3v) is 2.43. The zero-order valence-corrected chi connectivity index (χ0v) is 11.1. The van der Waals surface area contributed by atoms with Crippen LogP contribution in [0.1, 0.15) is 26.3 Å². The van der Waals surface area contributed by atoms with Gasteiger partial charge in [-0.1, -0.05) is 20.8 Å². The van der Waals surface area contributed by atoms with Gasteiger partial charge in [-0.2, -0.15) is 5.26 Å². The molecule has 0 aliphatic heterocycles. The van der Waals surface area contributed by atoms with Crippen LogP contribution in [0.4, 0.5) is 11.4 Å². The topological polar surface area (TPSA) is 70.2 Å². The molecule has 1 aromatic rings. The molecule has 0 N–H and O–H groups in total. The predicted molar refractivity (Wildman–Crippen MR) is 70.5 cm³/mol. The van der Waals surface area contributed by atoms with E-state index in [1.165, 1.54) is 12.1 Å². The van der Waals surface area contributed by atoms with Crippen LogP contribution in [-0.4, -0.2) is 18.5 Å². The SMILES string of the molecule is CN(CC(C)(C)C)c1ccc([N+](=O)[O-])cc1C#N. The van der Waals surface area contributed by atoms with Crippen molar-refractivity contribution in [3.63, 3.8) is 0 Å². The fourth-order valence-corrected chi connectivity index (χ4v) is 1.86. The normalized spacial score (nSPS) is 10.8. The summed E-state index contributed by atoms with van der Waals surface area (Å²) in [6, 6.07) is 6.38. The van der Waals surface area contributed by atoms with Crippen LogP contribution in [-0.2, 0) is 0 Å². The first-order valence-electron chi connectivity index (χ1n) is 5.64. The largest absolute Gasteiger partial charge is 0.373 e. The van der Waals surface area contributed by atoms with E-state index in [4.69, 9.17) is 5.26 Å². The fourth-order valence-electron chi connectivity index (χ4n) is 1.86. The summed E-state index contributed by atoms with van der Waals surface area (Å²) in [5.74, 6) is 0. The maximum atomic E-state index is 10.7. The number of anilines is 1. The molecule has 1 rings (SSSR count). The summed E-state index contributed by atoms with van der Waals surface area (Å²) in [5.41, 5.74) is 1.08. The number of hydrogen-bond donors (Lipinski definition) is 0. The first-order chi connectivity index (χ1) is 8.24. The number of nitro benzene ring substituents is 1. The number of nitro groups is 1. The summed E-state index contributed by atoms with van der Waals surface area (Å²) >= 11 is 0. The average molecular weight is 247 g/mol. The smallest absolute Gasteiger partial charge is 0.270 e. The van der Waals surface area contributed by atoms with E-state index in [2.05, 4.69) is 20.8 Å². The third-order valence-electron chi connectivity index (χ3n) is 2.43. The number of rotatable bonds is 3. The summed E-state index contributed by atoms with van der Waals surface area (Å²) in [6.07, 6.45) is 0. The molecule has 0 aromatic heterocycles. The van der Waals surface area contributed by atoms with Gasteiger partial charge < -0.3 is 4.90 Å². The van der Waals surface area contributed by atoms with Gasteiger partial charge in [-0.15, -0.1) is 0 Å². The Kier molecular flexibility index (Phi) is 3.92. The van der Waals surface area contributed by atoms with Crippen LogP contribution < -0.4 is 4.90 Å². The first kappa shape index (κ1) is 14.0. The highest BCUT2D eigenvalue weighted by atomic mass is 16.6. The minimum absolute atomic E-state index is 0.0561. The number of benzene rings is 1. The monoisotopic (exact) mass is 247 g/mol. The number of nitriles is 1. The maximum absolute atomic E-state index is 10.7. The Balaban J connectivity index is 3.11. The minimum atomic E-state index is -0.492. The second-order valence-corrected chi connectivity index (χ2v) is 5.49. The van der Waals surface area contributed by atoms with Crippen molar-refractivity contribution >= 4 is 11.4 Å². The molecule has 0 atom stereocenters. The Morgan fingerprint density at radius 2 is 2.06 bits per heavy atom. The average Bonchev–Trinajstić information content (AvgIpc) is 2.25. The Labute approximate surface area is 107 Å². The lowest BCUT2D eigenvalue weighted by molar-refractivity contribution is -0.384. The molecule has 1 aromatic carbocycles. The molecule has 18 heavy (non-hydrogen) atoms. The van der Waals surface area contributed by atoms with Gasteiger partial charge in [0.25, 0.3) is 5.69 Å². The Bertz CT molecular complexity index is 498. The maximum Gasteiger partial charge on any atom is 0.270 e. The molecule has 0 bridgehead atoms. The summed E-state index contributed by atoms with van der Waals surface area (Å²) in [5, 5.41) is 19.7. The highest BCUT2D eigenvalue weighted by molar-refractivity contribution is 5.62. The Hall–Kier alpha value is -2.09. The van der Waals surface area contributed by atoms with Crippen LogP contribution in [0.25, 0.3) is 0 Å². The van der Waals surface area contributed by atoms with E-state index in [0.29, 0.717) is 5.56 Å².